The summed E-state index contributed by atoms with van der Waals surface area (Å²) in [6.07, 6.45) is -0.839. The maximum Gasteiger partial charge on any atom is 0.339 e. The molecule has 5 nitrogen and oxygen atoms in total. The first-order chi connectivity index (χ1) is 9.19. The molecule has 0 spiro atoms. The van der Waals surface area contributed by atoms with Crippen molar-refractivity contribution in [1.29, 1.82) is 0 Å². The van der Waals surface area contributed by atoms with Crippen LogP contribution in [0, 0.1) is 0 Å². The first-order valence-corrected chi connectivity index (χ1v) is 6.10. The molecule has 0 saturated carbocycles. The Balaban J connectivity index is 2.35. The Labute approximate surface area is 113 Å². The Morgan fingerprint density at radius 2 is 1.95 bits per heavy atom. The fraction of sp³-hybridized carbons (Fsp3) is 0.500. The van der Waals surface area contributed by atoms with Crippen LogP contribution >= 0.6 is 0 Å². The van der Waals surface area contributed by atoms with Crippen LogP contribution in [0.25, 0.3) is 0 Å². The predicted octanol–water partition coefficient (Wildman–Crippen LogP) is 1.31. The van der Waals surface area contributed by atoms with Gasteiger partial charge in [-0.15, -0.1) is 0 Å². The van der Waals surface area contributed by atoms with Crippen molar-refractivity contribution in [3.63, 3.8) is 0 Å². The Morgan fingerprint density at radius 1 is 1.26 bits per heavy atom. The van der Waals surface area contributed by atoms with Gasteiger partial charge in [-0.3, -0.25) is 0 Å². The van der Waals surface area contributed by atoms with Crippen molar-refractivity contribution in [2.75, 3.05) is 27.4 Å². The van der Waals surface area contributed by atoms with Crippen molar-refractivity contribution >= 4 is 5.97 Å². The van der Waals surface area contributed by atoms with Gasteiger partial charge < -0.3 is 19.3 Å². The van der Waals surface area contributed by atoms with E-state index in [2.05, 4.69) is 0 Å². The highest BCUT2D eigenvalue weighted by molar-refractivity contribution is 5.76. The number of methoxy groups -OCH3 is 2. The molecule has 0 saturated heterocycles. The average molecular weight is 268 g/mol. The van der Waals surface area contributed by atoms with Crippen molar-refractivity contribution in [3.8, 4) is 0 Å². The molecule has 0 aromatic heterocycles. The van der Waals surface area contributed by atoms with Gasteiger partial charge in [0.2, 0.25) is 0 Å². The SMILES string of the molecule is COCC(CCOC(=O)C(O)c1ccccc1)OC. The summed E-state index contributed by atoms with van der Waals surface area (Å²) in [4.78, 5) is 11.6. The van der Waals surface area contributed by atoms with E-state index in [0.29, 0.717) is 18.6 Å². The number of ether oxygens (including phenoxy) is 3. The van der Waals surface area contributed by atoms with E-state index in [0.717, 1.165) is 0 Å². The number of esters is 1. The fourth-order valence-electron chi connectivity index (χ4n) is 1.60. The van der Waals surface area contributed by atoms with Crippen LogP contribution in [0.2, 0.25) is 0 Å². The number of benzene rings is 1. The van der Waals surface area contributed by atoms with Gasteiger partial charge in [0.15, 0.2) is 6.10 Å². The van der Waals surface area contributed by atoms with Crippen LogP contribution in [0.15, 0.2) is 30.3 Å². The quantitative estimate of drug-likeness (QED) is 0.720. The number of hydrogen-bond donors (Lipinski definition) is 1. The molecule has 2 unspecified atom stereocenters. The molecule has 19 heavy (non-hydrogen) atoms. The van der Waals surface area contributed by atoms with Crippen molar-refractivity contribution < 1.29 is 24.1 Å². The minimum absolute atomic E-state index is 0.119. The number of carbonyl (C=O) groups is 1. The zero-order valence-electron chi connectivity index (χ0n) is 11.2. The standard InChI is InChI=1S/C14H20O5/c1-17-10-12(18-2)8-9-19-14(16)13(15)11-6-4-3-5-7-11/h3-7,12-13,15H,8-10H2,1-2H3. The lowest BCUT2D eigenvalue weighted by Crippen LogP contribution is -2.22. The van der Waals surface area contributed by atoms with Gasteiger partial charge in [-0.1, -0.05) is 30.3 Å². The second-order valence-electron chi connectivity index (χ2n) is 4.08. The molecule has 0 aliphatic carbocycles. The van der Waals surface area contributed by atoms with Crippen LogP contribution in [-0.2, 0) is 19.0 Å². The van der Waals surface area contributed by atoms with E-state index in [1.807, 2.05) is 6.07 Å². The van der Waals surface area contributed by atoms with Gasteiger partial charge >= 0.3 is 5.97 Å². The summed E-state index contributed by atoms with van der Waals surface area (Å²) in [5, 5.41) is 9.78. The molecule has 106 valence electrons. The lowest BCUT2D eigenvalue weighted by atomic mass is 10.1. The molecular weight excluding hydrogens is 248 g/mol. The smallest absolute Gasteiger partial charge is 0.339 e. The van der Waals surface area contributed by atoms with Crippen LogP contribution in [-0.4, -0.2) is 44.6 Å². The van der Waals surface area contributed by atoms with Crippen LogP contribution < -0.4 is 0 Å². The second kappa shape index (κ2) is 8.63. The Kier molecular flexibility index (Phi) is 7.10. The van der Waals surface area contributed by atoms with Crippen molar-refractivity contribution in [3.05, 3.63) is 35.9 Å². The van der Waals surface area contributed by atoms with Gasteiger partial charge in [0.25, 0.3) is 0 Å². The molecule has 0 aliphatic heterocycles. The van der Waals surface area contributed by atoms with E-state index in [4.69, 9.17) is 14.2 Å². The van der Waals surface area contributed by atoms with E-state index in [1.54, 1.807) is 38.5 Å². The third-order valence-corrected chi connectivity index (χ3v) is 2.71. The van der Waals surface area contributed by atoms with Crippen molar-refractivity contribution in [2.45, 2.75) is 18.6 Å². The largest absolute Gasteiger partial charge is 0.463 e. The van der Waals surface area contributed by atoms with Gasteiger partial charge in [-0.2, -0.15) is 0 Å². The Hall–Kier alpha value is -1.43. The van der Waals surface area contributed by atoms with E-state index in [-0.39, 0.29) is 12.7 Å². The normalized spacial score (nSPS) is 13.8. The number of hydrogen-bond acceptors (Lipinski definition) is 5. The minimum Gasteiger partial charge on any atom is -0.463 e. The van der Waals surface area contributed by atoms with Crippen molar-refractivity contribution in [2.24, 2.45) is 0 Å². The molecule has 1 N–H and O–H groups in total. The number of rotatable bonds is 8. The van der Waals surface area contributed by atoms with Gasteiger partial charge in [-0.05, 0) is 5.56 Å². The van der Waals surface area contributed by atoms with Crippen molar-refractivity contribution in [1.82, 2.24) is 0 Å². The number of aliphatic hydroxyl groups excluding tert-OH is 1. The van der Waals surface area contributed by atoms with E-state index < -0.39 is 12.1 Å². The predicted molar refractivity (Wildman–Crippen MR) is 69.7 cm³/mol. The molecule has 0 fully saturated rings. The monoisotopic (exact) mass is 268 g/mol. The molecule has 1 rings (SSSR count). The Bertz CT molecular complexity index is 365. The molecule has 1 aromatic rings. The molecule has 0 bridgehead atoms. The molecule has 0 amide bonds. The van der Waals surface area contributed by atoms with Crippen LogP contribution in [0.3, 0.4) is 0 Å². The first kappa shape index (κ1) is 15.6. The maximum atomic E-state index is 11.6. The number of carbonyl (C=O) groups excluding carboxylic acids is 1. The summed E-state index contributed by atoms with van der Waals surface area (Å²) in [5.41, 5.74) is 0.521. The molecule has 2 atom stereocenters. The van der Waals surface area contributed by atoms with Gasteiger partial charge in [0.1, 0.15) is 0 Å². The molecular formula is C14H20O5. The summed E-state index contributed by atoms with van der Waals surface area (Å²) >= 11 is 0. The van der Waals surface area contributed by atoms with E-state index in [1.165, 1.54) is 0 Å². The topological polar surface area (TPSA) is 65.0 Å². The number of aliphatic hydroxyl groups is 1. The molecule has 0 heterocycles. The van der Waals surface area contributed by atoms with Gasteiger partial charge in [0, 0.05) is 20.6 Å². The second-order valence-corrected chi connectivity index (χ2v) is 4.08. The third kappa shape index (κ3) is 5.38. The average Bonchev–Trinajstić information content (AvgIpc) is 2.46. The van der Waals surface area contributed by atoms with Crippen LogP contribution in [0.4, 0.5) is 0 Å². The highest BCUT2D eigenvalue weighted by Gasteiger charge is 2.19. The Morgan fingerprint density at radius 3 is 2.53 bits per heavy atom. The maximum absolute atomic E-state index is 11.6. The summed E-state index contributed by atoms with van der Waals surface area (Å²) < 4.78 is 15.1. The summed E-state index contributed by atoms with van der Waals surface area (Å²) in [6, 6.07) is 8.68. The highest BCUT2D eigenvalue weighted by atomic mass is 16.6. The minimum atomic E-state index is -1.25. The molecule has 1 aromatic carbocycles. The summed E-state index contributed by atoms with van der Waals surface area (Å²) in [7, 11) is 3.15. The molecule has 5 heteroatoms. The van der Waals surface area contributed by atoms with Crippen LogP contribution in [0.1, 0.15) is 18.1 Å². The molecule has 0 aliphatic rings. The highest BCUT2D eigenvalue weighted by Crippen LogP contribution is 2.13. The van der Waals surface area contributed by atoms with Gasteiger partial charge in [0.05, 0.1) is 19.3 Å². The zero-order valence-corrected chi connectivity index (χ0v) is 11.2. The molecule has 0 radical (unpaired) electrons. The lowest BCUT2D eigenvalue weighted by Gasteiger charge is -2.15. The third-order valence-electron chi connectivity index (χ3n) is 2.71. The van der Waals surface area contributed by atoms with Crippen LogP contribution in [0.5, 0.6) is 0 Å². The zero-order chi connectivity index (χ0) is 14.1. The summed E-state index contributed by atoms with van der Waals surface area (Å²) in [5.74, 6) is -0.654. The van der Waals surface area contributed by atoms with E-state index in [9.17, 15) is 9.90 Å². The first-order valence-electron chi connectivity index (χ1n) is 6.10. The van der Waals surface area contributed by atoms with Gasteiger partial charge in [-0.25, -0.2) is 4.79 Å². The fourth-order valence-corrected chi connectivity index (χ4v) is 1.60. The van der Waals surface area contributed by atoms with E-state index >= 15 is 0 Å². The summed E-state index contributed by atoms with van der Waals surface area (Å²) in [6.45, 7) is 0.625. The lowest BCUT2D eigenvalue weighted by molar-refractivity contribution is -0.155.